The molecule has 1 aromatic heterocycles. The van der Waals surface area contributed by atoms with E-state index in [1.54, 1.807) is 0 Å². The minimum Gasteiger partial charge on any atom is -0.464 e. The van der Waals surface area contributed by atoms with Gasteiger partial charge in [-0.3, -0.25) is 4.79 Å². The number of para-hydroxylation sites is 1. The third-order valence-electron chi connectivity index (χ3n) is 2.10. The van der Waals surface area contributed by atoms with Gasteiger partial charge in [-0.1, -0.05) is 24.8 Å². The third-order valence-corrected chi connectivity index (χ3v) is 2.10. The van der Waals surface area contributed by atoms with E-state index in [4.69, 9.17) is 10.2 Å². The van der Waals surface area contributed by atoms with Crippen LogP contribution in [0.1, 0.15) is 5.56 Å². The number of hydrogen-bond donors (Lipinski definition) is 1. The Bertz CT molecular complexity index is 511. The van der Waals surface area contributed by atoms with Crippen LogP contribution in [0.25, 0.3) is 16.5 Å². The highest BCUT2D eigenvalue weighted by atomic mass is 16.3. The number of benzene rings is 1. The van der Waals surface area contributed by atoms with Crippen molar-refractivity contribution in [1.82, 2.24) is 0 Å². The van der Waals surface area contributed by atoms with Crippen molar-refractivity contribution in [3.63, 3.8) is 0 Å². The molecule has 2 rings (SSSR count). The summed E-state index contributed by atoms with van der Waals surface area (Å²) in [7, 11) is 0. The van der Waals surface area contributed by atoms with Gasteiger partial charge in [0.15, 0.2) is 0 Å². The second-order valence-corrected chi connectivity index (χ2v) is 2.99. The lowest BCUT2D eigenvalue weighted by molar-refractivity contribution is -0.112. The average Bonchev–Trinajstić information content (AvgIpc) is 2.60. The minimum absolute atomic E-state index is 0.273. The maximum absolute atomic E-state index is 10.9. The zero-order valence-electron chi connectivity index (χ0n) is 7.49. The Morgan fingerprint density at radius 2 is 2.07 bits per heavy atom. The van der Waals surface area contributed by atoms with E-state index in [1.165, 1.54) is 6.26 Å². The Labute approximate surface area is 80.8 Å². The fourth-order valence-electron chi connectivity index (χ4n) is 1.34. The van der Waals surface area contributed by atoms with Crippen molar-refractivity contribution in [3.05, 3.63) is 42.7 Å². The number of carbonyl (C=O) groups excluding carboxylic acids is 1. The van der Waals surface area contributed by atoms with E-state index in [0.717, 1.165) is 11.0 Å². The number of nitrogens with two attached hydrogens (primary N) is 1. The first-order valence-corrected chi connectivity index (χ1v) is 4.15. The lowest BCUT2D eigenvalue weighted by Gasteiger charge is -1.96. The van der Waals surface area contributed by atoms with E-state index in [2.05, 4.69) is 6.58 Å². The van der Waals surface area contributed by atoms with Gasteiger partial charge in [-0.25, -0.2) is 0 Å². The molecule has 0 aliphatic rings. The average molecular weight is 187 g/mol. The molecule has 0 atom stereocenters. The first-order chi connectivity index (χ1) is 6.70. The van der Waals surface area contributed by atoms with Gasteiger partial charge in [0.1, 0.15) is 5.58 Å². The van der Waals surface area contributed by atoms with E-state index < -0.39 is 5.91 Å². The van der Waals surface area contributed by atoms with E-state index in [1.807, 2.05) is 24.3 Å². The largest absolute Gasteiger partial charge is 0.464 e. The van der Waals surface area contributed by atoms with Gasteiger partial charge >= 0.3 is 0 Å². The number of amides is 1. The van der Waals surface area contributed by atoms with E-state index >= 15 is 0 Å². The summed E-state index contributed by atoms with van der Waals surface area (Å²) in [6.07, 6.45) is 1.50. The van der Waals surface area contributed by atoms with Crippen molar-refractivity contribution in [2.45, 2.75) is 0 Å². The normalized spacial score (nSPS) is 10.3. The van der Waals surface area contributed by atoms with Crippen LogP contribution in [0, 0.1) is 0 Å². The second kappa shape index (κ2) is 3.03. The van der Waals surface area contributed by atoms with Gasteiger partial charge in [-0.15, -0.1) is 0 Å². The molecule has 0 radical (unpaired) electrons. The molecule has 0 aliphatic carbocycles. The first kappa shape index (κ1) is 8.56. The van der Waals surface area contributed by atoms with Crippen LogP contribution in [0.2, 0.25) is 0 Å². The molecule has 0 saturated heterocycles. The molecule has 3 nitrogen and oxygen atoms in total. The van der Waals surface area contributed by atoms with Crippen LogP contribution in [0.3, 0.4) is 0 Å². The van der Waals surface area contributed by atoms with Crippen LogP contribution in [0.4, 0.5) is 0 Å². The second-order valence-electron chi connectivity index (χ2n) is 2.99. The molecule has 0 bridgehead atoms. The number of carbonyl (C=O) groups is 1. The highest BCUT2D eigenvalue weighted by Gasteiger charge is 2.11. The standard InChI is InChI=1S/C11H9NO2/c1-7(11(12)13)9-6-14-10-5-3-2-4-8(9)10/h2-6H,1H2,(H2,12,13). The third kappa shape index (κ3) is 1.19. The molecule has 1 amide bonds. The molecule has 0 fully saturated rings. The quantitative estimate of drug-likeness (QED) is 0.730. The smallest absolute Gasteiger partial charge is 0.248 e. The summed E-state index contributed by atoms with van der Waals surface area (Å²) in [5, 5.41) is 0.858. The number of hydrogen-bond acceptors (Lipinski definition) is 2. The summed E-state index contributed by atoms with van der Waals surface area (Å²) in [5.41, 5.74) is 6.80. The molecule has 14 heavy (non-hydrogen) atoms. The summed E-state index contributed by atoms with van der Waals surface area (Å²) >= 11 is 0. The number of furan rings is 1. The fourth-order valence-corrected chi connectivity index (χ4v) is 1.34. The zero-order valence-corrected chi connectivity index (χ0v) is 7.49. The van der Waals surface area contributed by atoms with Crippen molar-refractivity contribution in [1.29, 1.82) is 0 Å². The molecule has 70 valence electrons. The molecule has 1 aromatic carbocycles. The van der Waals surface area contributed by atoms with Gasteiger partial charge in [0.2, 0.25) is 5.91 Å². The highest BCUT2D eigenvalue weighted by Crippen LogP contribution is 2.25. The molecular weight excluding hydrogens is 178 g/mol. The Morgan fingerprint density at radius 1 is 1.36 bits per heavy atom. The monoisotopic (exact) mass is 187 g/mol. The van der Waals surface area contributed by atoms with Crippen molar-refractivity contribution in [2.24, 2.45) is 5.73 Å². The highest BCUT2D eigenvalue weighted by molar-refractivity contribution is 6.21. The van der Waals surface area contributed by atoms with Crippen LogP contribution in [0.5, 0.6) is 0 Å². The Morgan fingerprint density at radius 3 is 2.79 bits per heavy atom. The van der Waals surface area contributed by atoms with E-state index in [-0.39, 0.29) is 5.57 Å². The van der Waals surface area contributed by atoms with Gasteiger partial charge in [0, 0.05) is 16.5 Å². The number of primary amides is 1. The van der Waals surface area contributed by atoms with E-state index in [0.29, 0.717) is 5.56 Å². The van der Waals surface area contributed by atoms with Gasteiger partial charge in [0.25, 0.3) is 0 Å². The molecule has 2 aromatic rings. The fraction of sp³-hybridized carbons (Fsp3) is 0. The Hall–Kier alpha value is -2.03. The summed E-state index contributed by atoms with van der Waals surface area (Å²) in [4.78, 5) is 10.9. The van der Waals surface area contributed by atoms with Gasteiger partial charge in [-0.2, -0.15) is 0 Å². The van der Waals surface area contributed by atoms with Crippen molar-refractivity contribution < 1.29 is 9.21 Å². The minimum atomic E-state index is -0.531. The summed E-state index contributed by atoms with van der Waals surface area (Å²) < 4.78 is 5.25. The van der Waals surface area contributed by atoms with E-state index in [9.17, 15) is 4.79 Å². The van der Waals surface area contributed by atoms with Crippen LogP contribution < -0.4 is 5.73 Å². The maximum Gasteiger partial charge on any atom is 0.248 e. The molecular formula is C11H9NO2. The molecule has 0 saturated carbocycles. The predicted octanol–water partition coefficient (Wildman–Crippen LogP) is 1.93. The Balaban J connectivity index is 2.64. The van der Waals surface area contributed by atoms with Gasteiger partial charge < -0.3 is 10.2 Å². The molecule has 0 aliphatic heterocycles. The number of rotatable bonds is 2. The maximum atomic E-state index is 10.9. The predicted molar refractivity (Wildman–Crippen MR) is 54.4 cm³/mol. The molecule has 1 heterocycles. The van der Waals surface area contributed by atoms with Crippen molar-refractivity contribution >= 4 is 22.4 Å². The van der Waals surface area contributed by atoms with Crippen LogP contribution >= 0.6 is 0 Å². The zero-order chi connectivity index (χ0) is 10.1. The van der Waals surface area contributed by atoms with Crippen molar-refractivity contribution in [3.8, 4) is 0 Å². The summed E-state index contributed by atoms with van der Waals surface area (Å²) in [6, 6.07) is 7.42. The summed E-state index contributed by atoms with van der Waals surface area (Å²) in [6.45, 7) is 3.61. The van der Waals surface area contributed by atoms with Crippen LogP contribution in [-0.4, -0.2) is 5.91 Å². The lowest BCUT2D eigenvalue weighted by atomic mass is 10.1. The topological polar surface area (TPSA) is 56.2 Å². The molecule has 2 N–H and O–H groups in total. The Kier molecular flexibility index (Phi) is 1.85. The lowest BCUT2D eigenvalue weighted by Crippen LogP contribution is -2.11. The molecule has 0 unspecified atom stereocenters. The van der Waals surface area contributed by atoms with Gasteiger partial charge in [0.05, 0.1) is 6.26 Å². The van der Waals surface area contributed by atoms with Crippen LogP contribution in [-0.2, 0) is 4.79 Å². The van der Waals surface area contributed by atoms with Crippen LogP contribution in [0.15, 0.2) is 41.5 Å². The van der Waals surface area contributed by atoms with Crippen molar-refractivity contribution in [2.75, 3.05) is 0 Å². The van der Waals surface area contributed by atoms with Gasteiger partial charge in [-0.05, 0) is 6.07 Å². The SMILES string of the molecule is C=C(C(N)=O)c1coc2ccccc12. The summed E-state index contributed by atoms with van der Waals surface area (Å²) in [5.74, 6) is -0.531. The number of fused-ring (bicyclic) bond motifs is 1. The molecule has 0 spiro atoms. The molecule has 3 heteroatoms. The first-order valence-electron chi connectivity index (χ1n) is 4.15.